The maximum absolute atomic E-state index is 13.4. The Morgan fingerprint density at radius 1 is 1.16 bits per heavy atom. The van der Waals surface area contributed by atoms with Gasteiger partial charge in [-0.3, -0.25) is 9.59 Å². The fraction of sp³-hybridized carbons (Fsp3) is 0.280. The highest BCUT2D eigenvalue weighted by molar-refractivity contribution is 6.33. The number of fused-ring (bicyclic) bond motifs is 3. The third-order valence-electron chi connectivity index (χ3n) is 5.99. The van der Waals surface area contributed by atoms with Crippen molar-refractivity contribution >= 4 is 17.3 Å². The van der Waals surface area contributed by atoms with E-state index in [4.69, 9.17) is 10.00 Å². The van der Waals surface area contributed by atoms with Crippen LogP contribution in [0.3, 0.4) is 0 Å². The van der Waals surface area contributed by atoms with E-state index in [1.165, 1.54) is 0 Å². The minimum absolute atomic E-state index is 0.0198. The molecular weight excluding hydrogens is 390 g/mol. The van der Waals surface area contributed by atoms with Crippen LogP contribution in [0.2, 0.25) is 0 Å². The zero-order valence-corrected chi connectivity index (χ0v) is 17.4. The number of amides is 1. The van der Waals surface area contributed by atoms with Gasteiger partial charge in [0.2, 0.25) is 0 Å². The third-order valence-corrected chi connectivity index (χ3v) is 5.99. The normalized spacial score (nSPS) is 15.3. The van der Waals surface area contributed by atoms with Gasteiger partial charge in [0.05, 0.1) is 24.1 Å². The molecule has 0 heterocycles. The summed E-state index contributed by atoms with van der Waals surface area (Å²) in [6.45, 7) is 4.30. The summed E-state index contributed by atoms with van der Waals surface area (Å²) in [6, 6.07) is 14.9. The largest absolute Gasteiger partial charge is 0.484 e. The Morgan fingerprint density at radius 3 is 2.68 bits per heavy atom. The number of Topliss-reactive ketones (excluding diaryl/α,β-unsaturated/α-hetero) is 1. The molecule has 6 heteroatoms. The molecular formula is C25H21N3O3. The molecule has 1 amide bonds. The molecule has 0 aliphatic heterocycles. The summed E-state index contributed by atoms with van der Waals surface area (Å²) >= 11 is 0. The maximum Gasteiger partial charge on any atom is 0.257 e. The predicted octanol–water partition coefficient (Wildman–Crippen LogP) is 3.45. The number of ether oxygens (including phenoxy) is 1. The minimum atomic E-state index is -0.404. The Balaban J connectivity index is 1.61. The summed E-state index contributed by atoms with van der Waals surface area (Å²) in [5.41, 5.74) is 5.38. The van der Waals surface area contributed by atoms with E-state index in [9.17, 15) is 14.9 Å². The zero-order valence-electron chi connectivity index (χ0n) is 17.4. The quantitative estimate of drug-likeness (QED) is 0.759. The number of nitriles is 2. The van der Waals surface area contributed by atoms with E-state index in [1.54, 1.807) is 18.2 Å². The number of hydrogen-bond acceptors (Lipinski definition) is 5. The lowest BCUT2D eigenvalue weighted by Gasteiger charge is -2.34. The second-order valence-electron chi connectivity index (χ2n) is 8.22. The van der Waals surface area contributed by atoms with E-state index < -0.39 is 5.41 Å². The smallest absolute Gasteiger partial charge is 0.257 e. The fourth-order valence-corrected chi connectivity index (χ4v) is 4.37. The van der Waals surface area contributed by atoms with Crippen LogP contribution in [0, 0.1) is 22.7 Å². The maximum atomic E-state index is 13.4. The molecule has 4 rings (SSSR count). The molecule has 2 aromatic carbocycles. The van der Waals surface area contributed by atoms with E-state index in [0.29, 0.717) is 23.3 Å². The van der Waals surface area contributed by atoms with Crippen LogP contribution >= 0.6 is 0 Å². The lowest BCUT2D eigenvalue weighted by Crippen LogP contribution is -2.31. The highest BCUT2D eigenvalue weighted by Gasteiger charge is 2.42. The molecule has 1 N–H and O–H groups in total. The number of carbonyl (C=O) groups is 2. The molecule has 0 radical (unpaired) electrons. The Bertz CT molecular complexity index is 1230. The molecule has 0 fully saturated rings. The van der Waals surface area contributed by atoms with Crippen LogP contribution in [0.1, 0.15) is 52.9 Å². The van der Waals surface area contributed by atoms with E-state index >= 15 is 0 Å². The second-order valence-corrected chi connectivity index (χ2v) is 8.22. The first-order valence-electron chi connectivity index (χ1n) is 10.1. The highest BCUT2D eigenvalue weighted by atomic mass is 16.5. The van der Waals surface area contributed by atoms with Crippen LogP contribution in [0.25, 0.3) is 5.57 Å². The number of allylic oxidation sites excluding steroid dienone is 2. The van der Waals surface area contributed by atoms with E-state index in [1.807, 2.05) is 24.3 Å². The number of benzene rings is 2. The van der Waals surface area contributed by atoms with E-state index in [0.717, 1.165) is 27.8 Å². The average molecular weight is 411 g/mol. The molecule has 31 heavy (non-hydrogen) atoms. The van der Waals surface area contributed by atoms with Gasteiger partial charge in [0.1, 0.15) is 5.75 Å². The van der Waals surface area contributed by atoms with Gasteiger partial charge in [-0.05, 0) is 59.0 Å². The predicted molar refractivity (Wildman–Crippen MR) is 114 cm³/mol. The fourth-order valence-electron chi connectivity index (χ4n) is 4.37. The van der Waals surface area contributed by atoms with Crippen molar-refractivity contribution in [3.63, 3.8) is 0 Å². The summed E-state index contributed by atoms with van der Waals surface area (Å²) < 4.78 is 5.64. The van der Waals surface area contributed by atoms with Gasteiger partial charge in [-0.25, -0.2) is 0 Å². The van der Waals surface area contributed by atoms with Crippen LogP contribution in [-0.4, -0.2) is 24.8 Å². The number of hydrogen-bond donors (Lipinski definition) is 1. The molecule has 2 aliphatic rings. The molecule has 0 atom stereocenters. The third kappa shape index (κ3) is 3.47. The zero-order chi connectivity index (χ0) is 22.2. The van der Waals surface area contributed by atoms with Gasteiger partial charge >= 0.3 is 0 Å². The van der Waals surface area contributed by atoms with Crippen molar-refractivity contribution in [2.45, 2.75) is 32.1 Å². The number of carbonyl (C=O) groups excluding carboxylic acids is 2. The molecule has 0 saturated heterocycles. The molecule has 0 unspecified atom stereocenters. The van der Waals surface area contributed by atoms with Crippen LogP contribution in [-0.2, 0) is 16.6 Å². The molecule has 2 aliphatic carbocycles. The van der Waals surface area contributed by atoms with Crippen LogP contribution in [0.5, 0.6) is 5.75 Å². The standard InChI is InChI=1S/C25H21N3O3/c1-25(2)20-12-17(31-14-22(29)28-9-3-8-26)5-7-19(20)24(30)23-18-6-4-15(13-27)10-16(18)11-21(23)25/h4-7,10,12H,3,9,11,14H2,1-2H3,(H,28,29). The van der Waals surface area contributed by atoms with Gasteiger partial charge in [0.15, 0.2) is 12.4 Å². The first-order valence-corrected chi connectivity index (χ1v) is 10.1. The van der Waals surface area contributed by atoms with E-state index in [-0.39, 0.29) is 31.3 Å². The molecule has 2 aromatic rings. The van der Waals surface area contributed by atoms with Gasteiger partial charge in [0, 0.05) is 23.1 Å². The topological polar surface area (TPSA) is 103 Å². The van der Waals surface area contributed by atoms with Crippen molar-refractivity contribution in [3.05, 3.63) is 69.8 Å². The monoisotopic (exact) mass is 411 g/mol. The lowest BCUT2D eigenvalue weighted by molar-refractivity contribution is -0.123. The Labute approximate surface area is 180 Å². The molecule has 0 saturated carbocycles. The van der Waals surface area contributed by atoms with Crippen LogP contribution in [0.4, 0.5) is 0 Å². The first kappa shape index (κ1) is 20.4. The molecule has 154 valence electrons. The van der Waals surface area contributed by atoms with Crippen LogP contribution in [0.15, 0.2) is 42.0 Å². The number of nitrogens with zero attached hydrogens (tertiary/aromatic N) is 2. The van der Waals surface area contributed by atoms with Gasteiger partial charge in [-0.15, -0.1) is 0 Å². The summed E-state index contributed by atoms with van der Waals surface area (Å²) in [5, 5.41) is 20.4. The number of ketones is 1. The molecule has 0 bridgehead atoms. The SMILES string of the molecule is CC1(C)C2=C(C(=O)c3ccc(OCC(=O)NCCC#N)cc31)c1ccc(C#N)cc1C2. The summed E-state index contributed by atoms with van der Waals surface area (Å²) in [4.78, 5) is 25.2. The average Bonchev–Trinajstić information content (AvgIpc) is 3.16. The summed E-state index contributed by atoms with van der Waals surface area (Å²) in [5.74, 6) is 0.197. The summed E-state index contributed by atoms with van der Waals surface area (Å²) in [6.07, 6.45) is 0.876. The van der Waals surface area contributed by atoms with Gasteiger partial charge < -0.3 is 10.1 Å². The minimum Gasteiger partial charge on any atom is -0.484 e. The first-order chi connectivity index (χ1) is 14.9. The van der Waals surface area contributed by atoms with Crippen molar-refractivity contribution in [1.29, 1.82) is 10.5 Å². The van der Waals surface area contributed by atoms with Crippen molar-refractivity contribution in [2.24, 2.45) is 0 Å². The van der Waals surface area contributed by atoms with E-state index in [2.05, 4.69) is 25.2 Å². The molecule has 0 spiro atoms. The lowest BCUT2D eigenvalue weighted by atomic mass is 9.68. The van der Waals surface area contributed by atoms with Crippen LogP contribution < -0.4 is 10.1 Å². The second kappa shape index (κ2) is 7.74. The molecule has 6 nitrogen and oxygen atoms in total. The van der Waals surface area contributed by atoms with Crippen molar-refractivity contribution in [1.82, 2.24) is 5.32 Å². The Hall–Kier alpha value is -3.90. The van der Waals surface area contributed by atoms with Crippen molar-refractivity contribution < 1.29 is 14.3 Å². The highest BCUT2D eigenvalue weighted by Crippen LogP contribution is 2.50. The number of rotatable bonds is 5. The number of nitrogens with one attached hydrogen (secondary N) is 1. The summed E-state index contributed by atoms with van der Waals surface area (Å²) in [7, 11) is 0. The Morgan fingerprint density at radius 2 is 1.94 bits per heavy atom. The molecule has 0 aromatic heterocycles. The van der Waals surface area contributed by atoms with Crippen molar-refractivity contribution in [3.8, 4) is 17.9 Å². The van der Waals surface area contributed by atoms with Gasteiger partial charge in [0.25, 0.3) is 5.91 Å². The van der Waals surface area contributed by atoms with Crippen molar-refractivity contribution in [2.75, 3.05) is 13.2 Å². The van der Waals surface area contributed by atoms with Gasteiger partial charge in [-0.2, -0.15) is 10.5 Å². The Kier molecular flexibility index (Phi) is 5.09. The van der Waals surface area contributed by atoms with Gasteiger partial charge in [-0.1, -0.05) is 19.9 Å².